The fraction of sp³-hybridized carbons (Fsp3) is 0.417. The van der Waals surface area contributed by atoms with Crippen molar-refractivity contribution in [2.75, 3.05) is 11.4 Å². The number of anilines is 1. The van der Waals surface area contributed by atoms with Gasteiger partial charge < -0.3 is 10.0 Å². The molecule has 3 heteroatoms. The van der Waals surface area contributed by atoms with Gasteiger partial charge in [-0.25, -0.2) is 0 Å². The Kier molecular flexibility index (Phi) is 2.49. The smallest absolute Gasteiger partial charge is 0.229 e. The van der Waals surface area contributed by atoms with Crippen molar-refractivity contribution in [3.05, 3.63) is 29.3 Å². The minimum atomic E-state index is -0.517. The van der Waals surface area contributed by atoms with Gasteiger partial charge in [0.1, 0.15) is 0 Å². The lowest BCUT2D eigenvalue weighted by Gasteiger charge is -2.20. The number of carbonyl (C=O) groups is 1. The maximum absolute atomic E-state index is 11.7. The first kappa shape index (κ1) is 10.2. The summed E-state index contributed by atoms with van der Waals surface area (Å²) >= 11 is 0. The first-order chi connectivity index (χ1) is 7.09. The molecule has 3 nitrogen and oxygen atoms in total. The zero-order chi connectivity index (χ0) is 11.0. The van der Waals surface area contributed by atoms with Crippen LogP contribution in [0.5, 0.6) is 0 Å². The standard InChI is InChI=1S/C12H15NO2/c1-8-4-3-5-9(2)12(8)13-7-10(14)6-11(13)15/h3-5,10,14H,6-7H2,1-2H3. The van der Waals surface area contributed by atoms with Gasteiger partial charge in [-0.15, -0.1) is 0 Å². The molecule has 0 radical (unpaired) electrons. The van der Waals surface area contributed by atoms with Crippen LogP contribution >= 0.6 is 0 Å². The van der Waals surface area contributed by atoms with Gasteiger partial charge in [0.2, 0.25) is 5.91 Å². The molecule has 1 aliphatic heterocycles. The third kappa shape index (κ3) is 1.75. The second-order valence-electron chi connectivity index (χ2n) is 4.10. The predicted molar refractivity (Wildman–Crippen MR) is 58.9 cm³/mol. The van der Waals surface area contributed by atoms with E-state index in [1.54, 1.807) is 4.90 Å². The highest BCUT2D eigenvalue weighted by Crippen LogP contribution is 2.28. The topological polar surface area (TPSA) is 40.5 Å². The number of hydrogen-bond donors (Lipinski definition) is 1. The van der Waals surface area contributed by atoms with Crippen LogP contribution < -0.4 is 4.90 Å². The number of para-hydroxylation sites is 1. The Morgan fingerprint density at radius 1 is 1.33 bits per heavy atom. The van der Waals surface area contributed by atoms with Crippen LogP contribution in [0.25, 0.3) is 0 Å². The zero-order valence-corrected chi connectivity index (χ0v) is 9.03. The maximum atomic E-state index is 11.7. The Morgan fingerprint density at radius 3 is 2.40 bits per heavy atom. The molecule has 1 fully saturated rings. The lowest BCUT2D eigenvalue weighted by atomic mass is 10.1. The molecule has 1 amide bonds. The highest BCUT2D eigenvalue weighted by molar-refractivity contribution is 5.97. The van der Waals surface area contributed by atoms with Crippen LogP contribution in [0.15, 0.2) is 18.2 Å². The number of β-amino-alcohol motifs (C(OH)–C–C–N with tert-alkyl or cyclic N) is 1. The molecule has 1 N–H and O–H groups in total. The number of hydrogen-bond acceptors (Lipinski definition) is 2. The summed E-state index contributed by atoms with van der Waals surface area (Å²) in [6, 6.07) is 5.95. The lowest BCUT2D eigenvalue weighted by Crippen LogP contribution is -2.26. The summed E-state index contributed by atoms with van der Waals surface area (Å²) in [4.78, 5) is 13.3. The molecule has 0 aromatic heterocycles. The summed E-state index contributed by atoms with van der Waals surface area (Å²) in [7, 11) is 0. The van der Waals surface area contributed by atoms with E-state index in [4.69, 9.17) is 0 Å². The van der Waals surface area contributed by atoms with Crippen molar-refractivity contribution >= 4 is 11.6 Å². The Bertz CT molecular complexity index is 380. The van der Waals surface area contributed by atoms with Crippen LogP contribution in [-0.4, -0.2) is 23.7 Å². The molecule has 1 atom stereocenters. The second kappa shape index (κ2) is 3.66. The van der Waals surface area contributed by atoms with Crippen LogP contribution in [0, 0.1) is 13.8 Å². The van der Waals surface area contributed by atoms with Gasteiger partial charge >= 0.3 is 0 Å². The van der Waals surface area contributed by atoms with Crippen molar-refractivity contribution in [3.63, 3.8) is 0 Å². The summed E-state index contributed by atoms with van der Waals surface area (Å²) in [5.74, 6) is 0.0138. The molecule has 1 unspecified atom stereocenters. The summed E-state index contributed by atoms with van der Waals surface area (Å²) in [5, 5.41) is 9.45. The van der Waals surface area contributed by atoms with E-state index in [-0.39, 0.29) is 12.3 Å². The van der Waals surface area contributed by atoms with Gasteiger partial charge in [0.15, 0.2) is 0 Å². The van der Waals surface area contributed by atoms with Crippen LogP contribution in [0.3, 0.4) is 0 Å². The van der Waals surface area contributed by atoms with Crippen LogP contribution in [-0.2, 0) is 4.79 Å². The summed E-state index contributed by atoms with van der Waals surface area (Å²) in [6.45, 7) is 4.39. The average Bonchev–Trinajstić information content (AvgIpc) is 2.45. The number of amides is 1. The summed E-state index contributed by atoms with van der Waals surface area (Å²) in [5.41, 5.74) is 3.12. The van der Waals surface area contributed by atoms with Crippen LogP contribution in [0.1, 0.15) is 17.5 Å². The van der Waals surface area contributed by atoms with E-state index in [1.165, 1.54) is 0 Å². The van der Waals surface area contributed by atoms with Crippen molar-refractivity contribution < 1.29 is 9.90 Å². The molecule has 1 saturated heterocycles. The monoisotopic (exact) mass is 205 g/mol. The molecule has 1 heterocycles. The van der Waals surface area contributed by atoms with Gasteiger partial charge in [0, 0.05) is 5.69 Å². The Balaban J connectivity index is 2.41. The van der Waals surface area contributed by atoms with E-state index in [0.717, 1.165) is 16.8 Å². The Hall–Kier alpha value is -1.35. The summed E-state index contributed by atoms with van der Waals surface area (Å²) < 4.78 is 0. The van der Waals surface area contributed by atoms with E-state index < -0.39 is 6.10 Å². The molecule has 1 aromatic rings. The molecule has 2 rings (SSSR count). The Labute approximate surface area is 89.3 Å². The van der Waals surface area contributed by atoms with Crippen molar-refractivity contribution in [1.29, 1.82) is 0 Å². The molecule has 1 aromatic carbocycles. The normalized spacial score (nSPS) is 21.1. The quantitative estimate of drug-likeness (QED) is 0.753. The highest BCUT2D eigenvalue weighted by Gasteiger charge is 2.30. The van der Waals surface area contributed by atoms with Crippen molar-refractivity contribution in [3.8, 4) is 0 Å². The third-order valence-corrected chi connectivity index (χ3v) is 2.81. The van der Waals surface area contributed by atoms with Crippen molar-refractivity contribution in [1.82, 2.24) is 0 Å². The van der Waals surface area contributed by atoms with Gasteiger partial charge in [-0.1, -0.05) is 18.2 Å². The summed E-state index contributed by atoms with van der Waals surface area (Å²) in [6.07, 6.45) is -0.273. The number of rotatable bonds is 1. The van der Waals surface area contributed by atoms with Crippen LogP contribution in [0.2, 0.25) is 0 Å². The SMILES string of the molecule is Cc1cccc(C)c1N1CC(O)CC1=O. The van der Waals surface area contributed by atoms with Crippen molar-refractivity contribution in [2.45, 2.75) is 26.4 Å². The molecule has 0 aliphatic carbocycles. The number of benzene rings is 1. The predicted octanol–water partition coefficient (Wildman–Crippen LogP) is 1.40. The van der Waals surface area contributed by atoms with E-state index in [2.05, 4.69) is 0 Å². The Morgan fingerprint density at radius 2 is 1.93 bits per heavy atom. The van der Waals surface area contributed by atoms with Gasteiger partial charge in [0.25, 0.3) is 0 Å². The van der Waals surface area contributed by atoms with Gasteiger partial charge in [-0.2, -0.15) is 0 Å². The van der Waals surface area contributed by atoms with E-state index in [9.17, 15) is 9.90 Å². The minimum absolute atomic E-state index is 0.0138. The number of aliphatic hydroxyl groups excluding tert-OH is 1. The number of nitrogens with zero attached hydrogens (tertiary/aromatic N) is 1. The molecule has 80 valence electrons. The molecule has 0 bridgehead atoms. The largest absolute Gasteiger partial charge is 0.391 e. The average molecular weight is 205 g/mol. The molecule has 1 aliphatic rings. The van der Waals surface area contributed by atoms with Crippen molar-refractivity contribution in [2.24, 2.45) is 0 Å². The van der Waals surface area contributed by atoms with Gasteiger partial charge in [-0.3, -0.25) is 4.79 Å². The van der Waals surface area contributed by atoms with E-state index in [0.29, 0.717) is 6.54 Å². The number of carbonyl (C=O) groups excluding carboxylic acids is 1. The second-order valence-corrected chi connectivity index (χ2v) is 4.10. The molecule has 0 spiro atoms. The minimum Gasteiger partial charge on any atom is -0.391 e. The first-order valence-electron chi connectivity index (χ1n) is 5.14. The lowest BCUT2D eigenvalue weighted by molar-refractivity contribution is -0.117. The fourth-order valence-corrected chi connectivity index (χ4v) is 2.14. The van der Waals surface area contributed by atoms with Crippen LogP contribution in [0.4, 0.5) is 5.69 Å². The number of aryl methyl sites for hydroxylation is 2. The maximum Gasteiger partial charge on any atom is 0.229 e. The molecule has 15 heavy (non-hydrogen) atoms. The number of aliphatic hydroxyl groups is 1. The van der Waals surface area contributed by atoms with E-state index >= 15 is 0 Å². The molecular formula is C12H15NO2. The highest BCUT2D eigenvalue weighted by atomic mass is 16.3. The zero-order valence-electron chi connectivity index (χ0n) is 9.03. The molecular weight excluding hydrogens is 190 g/mol. The first-order valence-corrected chi connectivity index (χ1v) is 5.14. The van der Waals surface area contributed by atoms with Gasteiger partial charge in [-0.05, 0) is 25.0 Å². The van der Waals surface area contributed by atoms with E-state index in [1.807, 2.05) is 32.0 Å². The third-order valence-electron chi connectivity index (χ3n) is 2.81. The van der Waals surface area contributed by atoms with Gasteiger partial charge in [0.05, 0.1) is 19.1 Å². The molecule has 0 saturated carbocycles. The fourth-order valence-electron chi connectivity index (χ4n) is 2.14.